The Kier molecular flexibility index (Phi) is 4.67. The second-order valence-corrected chi connectivity index (χ2v) is 5.32. The summed E-state index contributed by atoms with van der Waals surface area (Å²) in [4.78, 5) is 8.77. The fourth-order valence-electron chi connectivity index (χ4n) is 2.61. The molecule has 1 aromatic heterocycles. The number of hydrogen-bond acceptors (Lipinski definition) is 2. The zero-order chi connectivity index (χ0) is 13.7. The first-order valence-electron chi connectivity index (χ1n) is 6.95. The highest BCUT2D eigenvalue weighted by atomic mass is 14.9. The van der Waals surface area contributed by atoms with Gasteiger partial charge in [0.1, 0.15) is 5.82 Å². The van der Waals surface area contributed by atoms with Crippen LogP contribution in [0.5, 0.6) is 0 Å². The highest BCUT2D eigenvalue weighted by Gasteiger charge is 2.31. The predicted molar refractivity (Wildman–Crippen MR) is 79.8 cm³/mol. The molecule has 0 N–H and O–H groups in total. The van der Waals surface area contributed by atoms with E-state index in [0.29, 0.717) is 5.92 Å². The number of nitrogens with zero attached hydrogens (tertiary/aromatic N) is 2. The molecule has 100 valence electrons. The van der Waals surface area contributed by atoms with Crippen LogP contribution in [0.2, 0.25) is 0 Å². The molecule has 0 atom stereocenters. The lowest BCUT2D eigenvalue weighted by atomic mass is 9.69. The van der Waals surface area contributed by atoms with E-state index < -0.39 is 0 Å². The van der Waals surface area contributed by atoms with E-state index in [1.54, 1.807) is 0 Å². The van der Waals surface area contributed by atoms with Gasteiger partial charge in [-0.1, -0.05) is 30.9 Å². The molecule has 2 nitrogen and oxygen atoms in total. The van der Waals surface area contributed by atoms with Gasteiger partial charge in [-0.15, -0.1) is 0 Å². The van der Waals surface area contributed by atoms with Gasteiger partial charge in [-0.05, 0) is 49.7 Å². The Morgan fingerprint density at radius 2 is 2.05 bits per heavy atom. The molecule has 1 aromatic rings. The SMILES string of the molecule is C=C/C=C(\C=C/C)C1CC(Cc2ncc(C)cn2)C1. The number of rotatable bonds is 5. The zero-order valence-corrected chi connectivity index (χ0v) is 11.8. The van der Waals surface area contributed by atoms with E-state index >= 15 is 0 Å². The van der Waals surface area contributed by atoms with Gasteiger partial charge in [-0.2, -0.15) is 0 Å². The van der Waals surface area contributed by atoms with Crippen molar-refractivity contribution in [3.8, 4) is 0 Å². The van der Waals surface area contributed by atoms with E-state index in [2.05, 4.69) is 41.7 Å². The summed E-state index contributed by atoms with van der Waals surface area (Å²) in [7, 11) is 0. The lowest BCUT2D eigenvalue weighted by molar-refractivity contribution is 0.227. The molecule has 2 heteroatoms. The minimum Gasteiger partial charge on any atom is -0.241 e. The first-order valence-corrected chi connectivity index (χ1v) is 6.95. The average Bonchev–Trinajstić information content (AvgIpc) is 2.35. The van der Waals surface area contributed by atoms with Gasteiger partial charge in [0.25, 0.3) is 0 Å². The maximum Gasteiger partial charge on any atom is 0.128 e. The molecular weight excluding hydrogens is 232 g/mol. The second-order valence-electron chi connectivity index (χ2n) is 5.32. The Labute approximate surface area is 116 Å². The molecule has 0 saturated heterocycles. The van der Waals surface area contributed by atoms with Gasteiger partial charge in [-0.25, -0.2) is 9.97 Å². The summed E-state index contributed by atoms with van der Waals surface area (Å²) >= 11 is 0. The number of allylic oxidation sites excluding steroid dienone is 5. The maximum atomic E-state index is 4.39. The summed E-state index contributed by atoms with van der Waals surface area (Å²) in [6.07, 6.45) is 15.6. The highest BCUT2D eigenvalue weighted by Crippen LogP contribution is 2.40. The number of hydrogen-bond donors (Lipinski definition) is 0. The highest BCUT2D eigenvalue weighted by molar-refractivity contribution is 5.27. The molecule has 2 rings (SSSR count). The molecule has 1 aliphatic rings. The molecule has 0 spiro atoms. The van der Waals surface area contributed by atoms with E-state index in [0.717, 1.165) is 23.7 Å². The van der Waals surface area contributed by atoms with Crippen LogP contribution in [0.3, 0.4) is 0 Å². The van der Waals surface area contributed by atoms with Gasteiger partial charge < -0.3 is 0 Å². The topological polar surface area (TPSA) is 25.8 Å². The Hall–Kier alpha value is -1.70. The normalized spacial score (nSPS) is 23.4. The smallest absolute Gasteiger partial charge is 0.128 e. The first-order chi connectivity index (χ1) is 9.22. The maximum absolute atomic E-state index is 4.39. The third-order valence-electron chi connectivity index (χ3n) is 3.68. The zero-order valence-electron chi connectivity index (χ0n) is 11.8. The van der Waals surface area contributed by atoms with Crippen LogP contribution in [0.25, 0.3) is 0 Å². The summed E-state index contributed by atoms with van der Waals surface area (Å²) in [6.45, 7) is 7.87. The van der Waals surface area contributed by atoms with Crippen LogP contribution in [-0.2, 0) is 6.42 Å². The van der Waals surface area contributed by atoms with Crippen LogP contribution in [0.4, 0.5) is 0 Å². The van der Waals surface area contributed by atoms with Crippen LogP contribution in [0, 0.1) is 18.8 Å². The molecule has 1 saturated carbocycles. The van der Waals surface area contributed by atoms with Crippen molar-refractivity contribution in [1.29, 1.82) is 0 Å². The fourth-order valence-corrected chi connectivity index (χ4v) is 2.61. The van der Waals surface area contributed by atoms with E-state index in [1.165, 1.54) is 18.4 Å². The van der Waals surface area contributed by atoms with E-state index in [9.17, 15) is 0 Å². The van der Waals surface area contributed by atoms with Crippen LogP contribution >= 0.6 is 0 Å². The lowest BCUT2D eigenvalue weighted by Gasteiger charge is -2.36. The molecule has 0 radical (unpaired) electrons. The third kappa shape index (κ3) is 3.63. The van der Waals surface area contributed by atoms with Gasteiger partial charge in [0.15, 0.2) is 0 Å². The van der Waals surface area contributed by atoms with Gasteiger partial charge >= 0.3 is 0 Å². The summed E-state index contributed by atoms with van der Waals surface area (Å²) in [5, 5.41) is 0. The Morgan fingerprint density at radius 3 is 2.63 bits per heavy atom. The number of aryl methyl sites for hydroxylation is 1. The molecule has 0 bridgehead atoms. The number of aromatic nitrogens is 2. The Balaban J connectivity index is 1.87. The third-order valence-corrected chi connectivity index (χ3v) is 3.68. The molecular formula is C17H22N2. The Bertz CT molecular complexity index is 476. The van der Waals surface area contributed by atoms with Crippen molar-refractivity contribution in [2.75, 3.05) is 0 Å². The van der Waals surface area contributed by atoms with Crippen molar-refractivity contribution < 1.29 is 0 Å². The van der Waals surface area contributed by atoms with E-state index in [-0.39, 0.29) is 0 Å². The van der Waals surface area contributed by atoms with Crippen LogP contribution in [-0.4, -0.2) is 9.97 Å². The second kappa shape index (κ2) is 6.46. The average molecular weight is 254 g/mol. The molecule has 0 aliphatic heterocycles. The van der Waals surface area contributed by atoms with E-state index in [4.69, 9.17) is 0 Å². The van der Waals surface area contributed by atoms with Crippen molar-refractivity contribution >= 4 is 0 Å². The molecule has 0 amide bonds. The fraction of sp³-hybridized carbons (Fsp3) is 0.412. The van der Waals surface area contributed by atoms with Gasteiger partial charge in [-0.3, -0.25) is 0 Å². The van der Waals surface area contributed by atoms with Crippen molar-refractivity contribution in [2.24, 2.45) is 11.8 Å². The van der Waals surface area contributed by atoms with Crippen molar-refractivity contribution in [1.82, 2.24) is 9.97 Å². The monoisotopic (exact) mass is 254 g/mol. The van der Waals surface area contributed by atoms with Crippen molar-refractivity contribution in [3.63, 3.8) is 0 Å². The summed E-state index contributed by atoms with van der Waals surface area (Å²) in [5.41, 5.74) is 2.53. The molecule has 1 fully saturated rings. The molecule has 19 heavy (non-hydrogen) atoms. The van der Waals surface area contributed by atoms with Gasteiger partial charge in [0.2, 0.25) is 0 Å². The van der Waals surface area contributed by atoms with E-state index in [1.807, 2.05) is 25.4 Å². The van der Waals surface area contributed by atoms with Gasteiger partial charge in [0, 0.05) is 18.8 Å². The first kappa shape index (κ1) is 13.7. The summed E-state index contributed by atoms with van der Waals surface area (Å²) < 4.78 is 0. The summed E-state index contributed by atoms with van der Waals surface area (Å²) in [5.74, 6) is 2.39. The van der Waals surface area contributed by atoms with Crippen LogP contribution in [0.1, 0.15) is 31.2 Å². The quantitative estimate of drug-likeness (QED) is 0.741. The summed E-state index contributed by atoms with van der Waals surface area (Å²) in [6, 6.07) is 0. The lowest BCUT2D eigenvalue weighted by Crippen LogP contribution is -2.27. The van der Waals surface area contributed by atoms with Gasteiger partial charge in [0.05, 0.1) is 0 Å². The van der Waals surface area contributed by atoms with Crippen molar-refractivity contribution in [3.05, 3.63) is 60.2 Å². The van der Waals surface area contributed by atoms with Crippen LogP contribution in [0.15, 0.2) is 48.8 Å². The molecule has 0 unspecified atom stereocenters. The van der Waals surface area contributed by atoms with Crippen molar-refractivity contribution in [2.45, 2.75) is 33.1 Å². The Morgan fingerprint density at radius 1 is 1.37 bits per heavy atom. The molecule has 0 aromatic carbocycles. The van der Waals surface area contributed by atoms with Crippen LogP contribution < -0.4 is 0 Å². The molecule has 1 aliphatic carbocycles. The molecule has 1 heterocycles. The minimum absolute atomic E-state index is 0.685. The predicted octanol–water partition coefficient (Wildman–Crippen LogP) is 4.04. The largest absolute Gasteiger partial charge is 0.241 e. The minimum atomic E-state index is 0.685. The standard InChI is InChI=1S/C17H22N2/c1-4-6-15(7-5-2)16-8-14(9-16)10-17-18-11-13(3)12-19-17/h4-7,11-12,14,16H,1,8-10H2,2-3H3/b7-5-,15-6+.